The summed E-state index contributed by atoms with van der Waals surface area (Å²) < 4.78 is 20.5. The first-order valence-corrected chi connectivity index (χ1v) is 21.5. The van der Waals surface area contributed by atoms with Crippen LogP contribution in [0, 0.1) is 46.3 Å². The van der Waals surface area contributed by atoms with Crippen LogP contribution in [0.2, 0.25) is 0 Å². The fourth-order valence-corrected chi connectivity index (χ4v) is 11.7. The first-order valence-electron chi connectivity index (χ1n) is 21.5. The molecule has 0 radical (unpaired) electrons. The van der Waals surface area contributed by atoms with E-state index in [-0.39, 0.29) is 5.41 Å². The highest BCUT2D eigenvalue weighted by Crippen LogP contribution is 2.69. The maximum Gasteiger partial charge on any atom is 0.0637 e. The number of ether oxygens (including phenoxy) is 3. The van der Waals surface area contributed by atoms with Gasteiger partial charge in [-0.05, 0) is 170 Å². The van der Waals surface area contributed by atoms with Gasteiger partial charge in [0, 0.05) is 25.2 Å². The number of rotatable bonds is 24. The van der Waals surface area contributed by atoms with E-state index in [0.29, 0.717) is 78.9 Å². The molecule has 7 heteroatoms. The molecule has 288 valence electrons. The molecule has 0 aromatic heterocycles. The van der Waals surface area contributed by atoms with Crippen LogP contribution in [0.3, 0.4) is 0 Å². The monoisotopic (exact) mass is 691 g/mol. The molecule has 0 saturated heterocycles. The molecule has 11 atom stereocenters. The molecule has 0 aliphatic heterocycles. The number of fused-ring (bicyclic) bond motifs is 5. The molecule has 0 heterocycles. The lowest BCUT2D eigenvalue weighted by Crippen LogP contribution is -2.63. The van der Waals surface area contributed by atoms with Crippen LogP contribution in [0.25, 0.3) is 0 Å². The molecule has 4 saturated carbocycles. The second kappa shape index (κ2) is 20.8. The SMILES string of the molecule is CCCCCN(CCCC)CCC[C@@H](C)C1CC[C@H]2C3[C@H](OCCCN)CC4C[C@H](OCCCN)CCC4(C)[C@H]3C[C@H](OCCCN)C12C. The van der Waals surface area contributed by atoms with E-state index < -0.39 is 0 Å². The predicted molar refractivity (Wildman–Crippen MR) is 205 cm³/mol. The van der Waals surface area contributed by atoms with Gasteiger partial charge in [0.15, 0.2) is 0 Å². The lowest BCUT2D eigenvalue weighted by molar-refractivity contribution is -0.227. The smallest absolute Gasteiger partial charge is 0.0637 e. The number of nitrogens with zero attached hydrogens (tertiary/aromatic N) is 1. The summed E-state index contributed by atoms with van der Waals surface area (Å²) in [5, 5.41) is 0. The quantitative estimate of drug-likeness (QED) is 0.0888. The van der Waals surface area contributed by atoms with E-state index in [4.69, 9.17) is 31.4 Å². The number of hydrogen-bond donors (Lipinski definition) is 3. The van der Waals surface area contributed by atoms with Gasteiger partial charge in [0.1, 0.15) is 0 Å². The van der Waals surface area contributed by atoms with Crippen molar-refractivity contribution < 1.29 is 14.2 Å². The summed E-state index contributed by atoms with van der Waals surface area (Å²) in [6, 6.07) is 0. The zero-order chi connectivity index (χ0) is 35.3. The van der Waals surface area contributed by atoms with E-state index in [1.165, 1.54) is 103 Å². The summed E-state index contributed by atoms with van der Waals surface area (Å²) in [5.74, 6) is 3.92. The zero-order valence-electron chi connectivity index (χ0n) is 33.0. The van der Waals surface area contributed by atoms with Crippen molar-refractivity contribution in [1.82, 2.24) is 4.90 Å². The van der Waals surface area contributed by atoms with Crippen LogP contribution in [0.15, 0.2) is 0 Å². The number of nitrogens with two attached hydrogens (primary N) is 3. The summed E-state index contributed by atoms with van der Waals surface area (Å²) in [6.07, 6.45) is 21.7. The Bertz CT molecular complexity index is 909. The maximum atomic E-state index is 7.07. The summed E-state index contributed by atoms with van der Waals surface area (Å²) in [5.41, 5.74) is 18.3. The topological polar surface area (TPSA) is 109 Å². The minimum Gasteiger partial charge on any atom is -0.378 e. The minimum atomic E-state index is 0.180. The van der Waals surface area contributed by atoms with Crippen molar-refractivity contribution in [3.63, 3.8) is 0 Å². The van der Waals surface area contributed by atoms with Crippen molar-refractivity contribution in [2.24, 2.45) is 63.5 Å². The van der Waals surface area contributed by atoms with Gasteiger partial charge in [-0.3, -0.25) is 0 Å². The summed E-state index contributed by atoms with van der Waals surface area (Å²) in [7, 11) is 0. The van der Waals surface area contributed by atoms with Crippen LogP contribution in [-0.4, -0.2) is 82.3 Å². The molecule has 0 spiro atoms. The largest absolute Gasteiger partial charge is 0.378 e. The Morgan fingerprint density at radius 1 is 0.694 bits per heavy atom. The number of hydrogen-bond acceptors (Lipinski definition) is 7. The van der Waals surface area contributed by atoms with E-state index in [1.807, 2.05) is 0 Å². The fraction of sp³-hybridized carbons (Fsp3) is 1.00. The van der Waals surface area contributed by atoms with Gasteiger partial charge in [0.05, 0.1) is 18.3 Å². The van der Waals surface area contributed by atoms with Gasteiger partial charge < -0.3 is 36.3 Å². The molecule has 7 nitrogen and oxygen atoms in total. The van der Waals surface area contributed by atoms with Crippen LogP contribution in [0.5, 0.6) is 0 Å². The van der Waals surface area contributed by atoms with Gasteiger partial charge in [-0.2, -0.15) is 0 Å². The molecule has 5 unspecified atom stereocenters. The molecule has 0 amide bonds. The third-order valence-corrected chi connectivity index (χ3v) is 14.5. The first-order chi connectivity index (χ1) is 23.8. The molecule has 0 aromatic carbocycles. The Hall–Kier alpha value is -0.280. The molecule has 0 bridgehead atoms. The van der Waals surface area contributed by atoms with Crippen LogP contribution in [0.1, 0.15) is 144 Å². The van der Waals surface area contributed by atoms with E-state index in [1.54, 1.807) is 0 Å². The second-order valence-electron chi connectivity index (χ2n) is 17.5. The first kappa shape index (κ1) is 41.5. The van der Waals surface area contributed by atoms with E-state index in [9.17, 15) is 0 Å². The Labute approximate surface area is 303 Å². The van der Waals surface area contributed by atoms with Crippen LogP contribution < -0.4 is 17.2 Å². The third kappa shape index (κ3) is 10.2. The average Bonchev–Trinajstić information content (AvgIpc) is 3.45. The third-order valence-electron chi connectivity index (χ3n) is 14.5. The fourth-order valence-electron chi connectivity index (χ4n) is 11.7. The molecule has 49 heavy (non-hydrogen) atoms. The Kier molecular flexibility index (Phi) is 17.6. The Balaban J connectivity index is 1.54. The standard InChI is InChI=1S/C42H82N4O3/c1-6-8-10-24-46(23-9-7-2)25-11-15-32(3)35-16-17-36-40-37(31-39(42(35,36)5)49-28-14-22-45)41(4)19-18-34(47-26-12-20-43)29-33(41)30-38(40)48-27-13-21-44/h32-40H,6-31,43-45H2,1-5H3/t32-,33?,34-,35?,36+,37+,38-,39+,40?,41?,42?/m1/s1. The minimum absolute atomic E-state index is 0.180. The Morgan fingerprint density at radius 3 is 2.04 bits per heavy atom. The summed E-state index contributed by atoms with van der Waals surface area (Å²) in [4.78, 5) is 2.77. The van der Waals surface area contributed by atoms with Crippen LogP contribution >= 0.6 is 0 Å². The molecule has 4 fully saturated rings. The van der Waals surface area contributed by atoms with E-state index in [2.05, 4.69) is 39.5 Å². The van der Waals surface area contributed by atoms with Gasteiger partial charge in [0.2, 0.25) is 0 Å². The lowest BCUT2D eigenvalue weighted by atomic mass is 9.43. The van der Waals surface area contributed by atoms with Crippen molar-refractivity contribution in [1.29, 1.82) is 0 Å². The highest BCUT2D eigenvalue weighted by atomic mass is 16.5. The maximum absolute atomic E-state index is 7.07. The van der Waals surface area contributed by atoms with Crippen LogP contribution in [-0.2, 0) is 14.2 Å². The molecule has 4 aliphatic carbocycles. The summed E-state index contributed by atoms with van der Waals surface area (Å²) in [6.45, 7) is 20.8. The summed E-state index contributed by atoms with van der Waals surface area (Å²) >= 11 is 0. The van der Waals surface area contributed by atoms with Crippen molar-refractivity contribution >= 4 is 0 Å². The van der Waals surface area contributed by atoms with Gasteiger partial charge >= 0.3 is 0 Å². The zero-order valence-corrected chi connectivity index (χ0v) is 33.0. The van der Waals surface area contributed by atoms with Gasteiger partial charge in [-0.15, -0.1) is 0 Å². The average molecular weight is 691 g/mol. The van der Waals surface area contributed by atoms with Crippen molar-refractivity contribution in [2.75, 3.05) is 59.1 Å². The lowest BCUT2D eigenvalue weighted by Gasteiger charge is -2.65. The second-order valence-corrected chi connectivity index (χ2v) is 17.5. The van der Waals surface area contributed by atoms with Crippen molar-refractivity contribution in [2.45, 2.75) is 162 Å². The molecule has 4 aliphatic rings. The van der Waals surface area contributed by atoms with Crippen LogP contribution in [0.4, 0.5) is 0 Å². The van der Waals surface area contributed by atoms with Gasteiger partial charge in [-0.1, -0.05) is 53.9 Å². The molecule has 0 aromatic rings. The normalized spacial score (nSPS) is 36.4. The van der Waals surface area contributed by atoms with Gasteiger partial charge in [-0.25, -0.2) is 0 Å². The van der Waals surface area contributed by atoms with Gasteiger partial charge in [0.25, 0.3) is 0 Å². The number of unbranched alkanes of at least 4 members (excludes halogenated alkanes) is 3. The predicted octanol–water partition coefficient (Wildman–Crippen LogP) is 7.78. The highest BCUT2D eigenvalue weighted by Gasteiger charge is 2.66. The van der Waals surface area contributed by atoms with E-state index in [0.717, 1.165) is 45.5 Å². The molecular formula is C42H82N4O3. The van der Waals surface area contributed by atoms with E-state index >= 15 is 0 Å². The van der Waals surface area contributed by atoms with Crippen molar-refractivity contribution in [3.05, 3.63) is 0 Å². The highest BCUT2D eigenvalue weighted by molar-refractivity contribution is 5.15. The molecule has 6 N–H and O–H groups in total. The molecular weight excluding hydrogens is 608 g/mol. The molecule has 4 rings (SSSR count). The Morgan fingerprint density at radius 2 is 1.35 bits per heavy atom. The van der Waals surface area contributed by atoms with Crippen molar-refractivity contribution in [3.8, 4) is 0 Å².